The van der Waals surface area contributed by atoms with Gasteiger partial charge in [-0.3, -0.25) is 4.79 Å². The van der Waals surface area contributed by atoms with E-state index in [-0.39, 0.29) is 43.1 Å². The van der Waals surface area contributed by atoms with Crippen LogP contribution < -0.4 is 14.8 Å². The van der Waals surface area contributed by atoms with Crippen LogP contribution in [0.4, 0.5) is 13.6 Å². The Hall–Kier alpha value is -3.69. The highest BCUT2D eigenvalue weighted by Crippen LogP contribution is 2.38. The van der Waals surface area contributed by atoms with Crippen molar-refractivity contribution in [3.05, 3.63) is 59.2 Å². The van der Waals surface area contributed by atoms with Gasteiger partial charge in [0.05, 0.1) is 19.3 Å². The van der Waals surface area contributed by atoms with Crippen molar-refractivity contribution in [3.63, 3.8) is 0 Å². The minimum atomic E-state index is -3.10. The number of ether oxygens (including phenoxy) is 2. The molecule has 1 saturated carbocycles. The number of nitrogens with one attached hydrogen (secondary N) is 1. The minimum absolute atomic E-state index is 0.0398. The SMILES string of the molecule is CCOc1cc([C@@H](C)N(CCCC(F)(F)c2ccccc2)C(=O)NC2(C(=O)O)CCC2)cc(OCC)c1C(C)=O. The molecule has 2 aromatic rings. The van der Waals surface area contributed by atoms with Gasteiger partial charge in [-0.2, -0.15) is 0 Å². The Bertz CT molecular complexity index is 1170. The average Bonchev–Trinajstić information content (AvgIpc) is 2.88. The van der Waals surface area contributed by atoms with Crippen molar-refractivity contribution in [1.29, 1.82) is 0 Å². The van der Waals surface area contributed by atoms with Gasteiger partial charge in [0.25, 0.3) is 5.92 Å². The van der Waals surface area contributed by atoms with Crippen LogP contribution in [0.25, 0.3) is 0 Å². The first kappa shape index (κ1) is 30.8. The number of urea groups is 1. The first-order valence-corrected chi connectivity index (χ1v) is 13.7. The fourth-order valence-corrected chi connectivity index (χ4v) is 4.88. The van der Waals surface area contributed by atoms with Crippen molar-refractivity contribution < 1.29 is 37.7 Å². The molecule has 2 aromatic carbocycles. The average molecular weight is 561 g/mol. The summed E-state index contributed by atoms with van der Waals surface area (Å²) in [6.45, 7) is 7.17. The predicted octanol–water partition coefficient (Wildman–Crippen LogP) is 6.34. The van der Waals surface area contributed by atoms with E-state index in [9.17, 15) is 28.3 Å². The molecule has 0 heterocycles. The van der Waals surface area contributed by atoms with E-state index in [1.165, 1.54) is 24.0 Å². The van der Waals surface area contributed by atoms with Gasteiger partial charge in [0.1, 0.15) is 22.6 Å². The Morgan fingerprint density at radius 2 is 1.65 bits per heavy atom. The molecular weight excluding hydrogens is 522 g/mol. The van der Waals surface area contributed by atoms with E-state index in [2.05, 4.69) is 5.32 Å². The zero-order chi connectivity index (χ0) is 29.5. The molecular formula is C30H38F2N2O6. The third kappa shape index (κ3) is 6.89. The second-order valence-corrected chi connectivity index (χ2v) is 10.0. The fraction of sp³-hybridized carbons (Fsp3) is 0.500. The largest absolute Gasteiger partial charge is 0.493 e. The van der Waals surface area contributed by atoms with Crippen molar-refractivity contribution in [2.45, 2.75) is 77.3 Å². The summed E-state index contributed by atoms with van der Waals surface area (Å²) >= 11 is 0. The number of benzene rings is 2. The van der Waals surface area contributed by atoms with E-state index < -0.39 is 35.9 Å². The van der Waals surface area contributed by atoms with Crippen molar-refractivity contribution >= 4 is 17.8 Å². The number of carboxylic acids is 1. The smallest absolute Gasteiger partial charge is 0.329 e. The summed E-state index contributed by atoms with van der Waals surface area (Å²) in [6.07, 6.45) is 0.696. The Morgan fingerprint density at radius 1 is 1.07 bits per heavy atom. The van der Waals surface area contributed by atoms with Crippen LogP contribution in [0.1, 0.15) is 87.3 Å². The molecule has 1 atom stereocenters. The van der Waals surface area contributed by atoms with Crippen LogP contribution in [-0.2, 0) is 10.7 Å². The number of carbonyl (C=O) groups excluding carboxylic acids is 2. The molecule has 10 heteroatoms. The molecule has 0 radical (unpaired) electrons. The molecule has 2 amide bonds. The van der Waals surface area contributed by atoms with E-state index in [1.54, 1.807) is 51.1 Å². The number of Topliss-reactive ketones (excluding diaryl/α,β-unsaturated/α-hetero) is 1. The van der Waals surface area contributed by atoms with E-state index in [1.807, 2.05) is 0 Å². The van der Waals surface area contributed by atoms with E-state index in [0.717, 1.165) is 0 Å². The lowest BCUT2D eigenvalue weighted by molar-refractivity contribution is -0.148. The first-order valence-electron chi connectivity index (χ1n) is 13.7. The highest BCUT2D eigenvalue weighted by atomic mass is 19.3. The van der Waals surface area contributed by atoms with Crippen LogP contribution in [0.2, 0.25) is 0 Å². The number of rotatable bonds is 14. The van der Waals surface area contributed by atoms with Crippen LogP contribution in [0, 0.1) is 0 Å². The lowest BCUT2D eigenvalue weighted by Gasteiger charge is -2.41. The third-order valence-corrected chi connectivity index (χ3v) is 7.30. The number of halogens is 2. The molecule has 40 heavy (non-hydrogen) atoms. The van der Waals surface area contributed by atoms with Crippen LogP contribution in [0.3, 0.4) is 0 Å². The lowest BCUT2D eigenvalue weighted by Crippen LogP contribution is -2.61. The summed E-state index contributed by atoms with van der Waals surface area (Å²) in [6, 6.07) is 9.42. The zero-order valence-electron chi connectivity index (χ0n) is 23.5. The Morgan fingerprint density at radius 3 is 2.10 bits per heavy atom. The Labute approximate surface area is 233 Å². The second kappa shape index (κ2) is 13.1. The molecule has 0 aromatic heterocycles. The van der Waals surface area contributed by atoms with E-state index in [0.29, 0.717) is 36.3 Å². The molecule has 0 saturated heterocycles. The number of amides is 2. The molecule has 1 fully saturated rings. The molecule has 8 nitrogen and oxygen atoms in total. The maximum absolute atomic E-state index is 14.9. The number of carboxylic acid groups (broad SMARTS) is 1. The second-order valence-electron chi connectivity index (χ2n) is 10.0. The van der Waals surface area contributed by atoms with Gasteiger partial charge in [0.15, 0.2) is 5.78 Å². The Balaban J connectivity index is 1.94. The number of carbonyl (C=O) groups is 3. The molecule has 0 unspecified atom stereocenters. The van der Waals surface area contributed by atoms with Crippen molar-refractivity contribution in [2.24, 2.45) is 0 Å². The minimum Gasteiger partial charge on any atom is -0.493 e. The van der Waals surface area contributed by atoms with Gasteiger partial charge in [-0.15, -0.1) is 0 Å². The van der Waals surface area contributed by atoms with E-state index in [4.69, 9.17) is 9.47 Å². The summed E-state index contributed by atoms with van der Waals surface area (Å²) in [5.41, 5.74) is -0.660. The molecule has 0 spiro atoms. The normalized spacial score (nSPS) is 14.9. The van der Waals surface area contributed by atoms with Crippen LogP contribution in [0.15, 0.2) is 42.5 Å². The standard InChI is InChI=1S/C30H38F2N2O6/c1-5-39-24-18-22(19-25(40-6-2)26(24)21(4)35)20(3)34(28(38)33-29(27(36)37)14-10-15-29)17-11-16-30(31,32)23-12-8-7-9-13-23/h7-9,12-13,18-20H,5-6,10-11,14-17H2,1-4H3,(H,33,38)(H,36,37)/t20-/m1/s1. The van der Waals surface area contributed by atoms with Gasteiger partial charge in [0.2, 0.25) is 0 Å². The van der Waals surface area contributed by atoms with Gasteiger partial charge < -0.3 is 24.8 Å². The third-order valence-electron chi connectivity index (χ3n) is 7.30. The molecule has 1 aliphatic carbocycles. The topological polar surface area (TPSA) is 105 Å². The first-order chi connectivity index (χ1) is 19.0. The zero-order valence-corrected chi connectivity index (χ0v) is 23.5. The van der Waals surface area contributed by atoms with Gasteiger partial charge in [-0.05, 0) is 71.1 Å². The van der Waals surface area contributed by atoms with Gasteiger partial charge in [-0.25, -0.2) is 18.4 Å². The van der Waals surface area contributed by atoms with Crippen LogP contribution in [-0.4, -0.2) is 53.1 Å². The van der Waals surface area contributed by atoms with Crippen molar-refractivity contribution in [2.75, 3.05) is 19.8 Å². The molecule has 3 rings (SSSR count). The summed E-state index contributed by atoms with van der Waals surface area (Å²) in [4.78, 5) is 39.3. The van der Waals surface area contributed by atoms with Gasteiger partial charge in [0, 0.05) is 18.5 Å². The number of hydrogen-bond donors (Lipinski definition) is 2. The molecule has 2 N–H and O–H groups in total. The molecule has 0 aliphatic heterocycles. The van der Waals surface area contributed by atoms with Crippen molar-refractivity contribution in [1.82, 2.24) is 10.2 Å². The molecule has 1 aliphatic rings. The van der Waals surface area contributed by atoms with Gasteiger partial charge >= 0.3 is 12.0 Å². The number of aliphatic carboxylic acids is 1. The molecule has 0 bridgehead atoms. The van der Waals surface area contributed by atoms with Gasteiger partial charge in [-0.1, -0.05) is 30.3 Å². The highest BCUT2D eigenvalue weighted by molar-refractivity contribution is 5.99. The summed E-state index contributed by atoms with van der Waals surface area (Å²) in [5, 5.41) is 12.4. The maximum Gasteiger partial charge on any atom is 0.329 e. The summed E-state index contributed by atoms with van der Waals surface area (Å²) in [7, 11) is 0. The number of hydrogen-bond acceptors (Lipinski definition) is 5. The predicted molar refractivity (Wildman–Crippen MR) is 146 cm³/mol. The van der Waals surface area contributed by atoms with Crippen LogP contribution in [0.5, 0.6) is 11.5 Å². The van der Waals surface area contributed by atoms with Crippen molar-refractivity contribution in [3.8, 4) is 11.5 Å². The quantitative estimate of drug-likeness (QED) is 0.261. The van der Waals surface area contributed by atoms with Crippen LogP contribution >= 0.6 is 0 Å². The summed E-state index contributed by atoms with van der Waals surface area (Å²) < 4.78 is 41.3. The number of alkyl halides is 2. The monoisotopic (exact) mass is 560 g/mol. The highest BCUT2D eigenvalue weighted by Gasteiger charge is 2.47. The number of ketones is 1. The Kier molecular flexibility index (Phi) is 10.1. The fourth-order valence-electron chi connectivity index (χ4n) is 4.88. The van der Waals surface area contributed by atoms with E-state index >= 15 is 0 Å². The number of nitrogens with zero attached hydrogens (tertiary/aromatic N) is 1. The lowest BCUT2D eigenvalue weighted by atomic mass is 9.77. The maximum atomic E-state index is 14.9. The summed E-state index contributed by atoms with van der Waals surface area (Å²) in [5.74, 6) is -3.90. The molecule has 218 valence electrons.